The summed E-state index contributed by atoms with van der Waals surface area (Å²) >= 11 is 0. The number of halogens is 5. The Hall–Kier alpha value is -2.06. The largest absolute Gasteiger partial charge is 0.390 e. The van der Waals surface area contributed by atoms with Gasteiger partial charge < -0.3 is 15.5 Å². The second kappa shape index (κ2) is 7.01. The van der Waals surface area contributed by atoms with Gasteiger partial charge in [-0.15, -0.1) is 0 Å². The van der Waals surface area contributed by atoms with Crippen molar-refractivity contribution >= 4 is 11.7 Å². The molecule has 1 aliphatic heterocycles. The van der Waals surface area contributed by atoms with Gasteiger partial charge in [0.2, 0.25) is 0 Å². The number of carbonyl (C=O) groups excluding carboxylic acids is 1. The number of amides is 2. The van der Waals surface area contributed by atoms with E-state index in [1.54, 1.807) is 4.90 Å². The van der Waals surface area contributed by atoms with E-state index in [1.165, 1.54) is 6.07 Å². The van der Waals surface area contributed by atoms with E-state index < -0.39 is 36.8 Å². The van der Waals surface area contributed by atoms with Crippen LogP contribution in [0.25, 0.3) is 0 Å². The Kier molecular flexibility index (Phi) is 5.27. The Bertz CT molecular complexity index is 564. The summed E-state index contributed by atoms with van der Waals surface area (Å²) < 4.78 is 62.5. The second-order valence-electron chi connectivity index (χ2n) is 5.29. The highest BCUT2D eigenvalue weighted by Crippen LogP contribution is 2.24. The van der Waals surface area contributed by atoms with E-state index in [9.17, 15) is 26.7 Å². The van der Waals surface area contributed by atoms with Gasteiger partial charge in [0.1, 0.15) is 11.6 Å². The molecule has 0 spiro atoms. The lowest BCUT2D eigenvalue weighted by molar-refractivity contribution is -0.132. The van der Waals surface area contributed by atoms with Crippen molar-refractivity contribution in [2.24, 2.45) is 0 Å². The highest BCUT2D eigenvalue weighted by molar-refractivity contribution is 5.74. The molecule has 1 aromatic rings. The third-order valence-electron chi connectivity index (χ3n) is 3.47. The summed E-state index contributed by atoms with van der Waals surface area (Å²) in [6.07, 6.45) is -4.90. The molecule has 0 aliphatic carbocycles. The number of urea groups is 1. The minimum Gasteiger partial charge on any atom is -0.367 e. The molecule has 0 unspecified atom stereocenters. The molecular weight excluding hydrogens is 321 g/mol. The lowest BCUT2D eigenvalue weighted by atomic mass is 10.2. The molecule has 2 rings (SSSR count). The van der Waals surface area contributed by atoms with Crippen molar-refractivity contribution < 1.29 is 26.7 Å². The van der Waals surface area contributed by atoms with Gasteiger partial charge in [-0.3, -0.25) is 0 Å². The van der Waals surface area contributed by atoms with Crippen molar-refractivity contribution in [2.45, 2.75) is 25.1 Å². The lowest BCUT2D eigenvalue weighted by Crippen LogP contribution is -2.44. The minimum absolute atomic E-state index is 0.230. The van der Waals surface area contributed by atoms with Crippen molar-refractivity contribution in [1.29, 1.82) is 0 Å². The SMILES string of the molecule is O=C(NCCC(F)(F)F)N[C@@H]1CCN(c2ccc(F)cc2F)C1. The first-order valence-electron chi connectivity index (χ1n) is 7.06. The molecule has 128 valence electrons. The monoisotopic (exact) mass is 337 g/mol. The molecule has 1 atom stereocenters. The molecule has 0 saturated carbocycles. The number of rotatable bonds is 4. The van der Waals surface area contributed by atoms with E-state index in [2.05, 4.69) is 10.6 Å². The number of benzene rings is 1. The van der Waals surface area contributed by atoms with Crippen LogP contribution < -0.4 is 15.5 Å². The number of hydrogen-bond donors (Lipinski definition) is 2. The zero-order chi connectivity index (χ0) is 17.0. The second-order valence-corrected chi connectivity index (χ2v) is 5.29. The summed E-state index contributed by atoms with van der Waals surface area (Å²) in [6, 6.07) is 2.23. The molecule has 1 fully saturated rings. The van der Waals surface area contributed by atoms with Crippen molar-refractivity contribution in [3.8, 4) is 0 Å². The number of hydrogen-bond acceptors (Lipinski definition) is 2. The molecule has 2 amide bonds. The van der Waals surface area contributed by atoms with Crippen LogP contribution in [0.4, 0.5) is 32.4 Å². The van der Waals surface area contributed by atoms with Crippen molar-refractivity contribution in [3.63, 3.8) is 0 Å². The summed E-state index contributed by atoms with van der Waals surface area (Å²) in [5.41, 5.74) is 0.230. The van der Waals surface area contributed by atoms with Crippen molar-refractivity contribution in [3.05, 3.63) is 29.8 Å². The van der Waals surface area contributed by atoms with Crippen LogP contribution in [0.2, 0.25) is 0 Å². The number of alkyl halides is 3. The van der Waals surface area contributed by atoms with Gasteiger partial charge >= 0.3 is 12.2 Å². The zero-order valence-corrected chi connectivity index (χ0v) is 12.1. The lowest BCUT2D eigenvalue weighted by Gasteiger charge is -2.20. The molecule has 2 N–H and O–H groups in total. The topological polar surface area (TPSA) is 44.4 Å². The number of carbonyl (C=O) groups is 1. The van der Waals surface area contributed by atoms with Crippen molar-refractivity contribution in [2.75, 3.05) is 24.5 Å². The molecule has 1 aromatic carbocycles. The molecule has 1 heterocycles. The van der Waals surface area contributed by atoms with Crippen LogP contribution in [-0.2, 0) is 0 Å². The third kappa shape index (κ3) is 5.26. The number of nitrogens with one attached hydrogen (secondary N) is 2. The summed E-state index contributed by atoms with van der Waals surface area (Å²) in [6.45, 7) is 0.254. The summed E-state index contributed by atoms with van der Waals surface area (Å²) in [4.78, 5) is 13.2. The predicted molar refractivity (Wildman–Crippen MR) is 74.2 cm³/mol. The Balaban J connectivity index is 1.80. The quantitative estimate of drug-likeness (QED) is 0.830. The average molecular weight is 337 g/mol. The zero-order valence-electron chi connectivity index (χ0n) is 12.1. The maximum Gasteiger partial charge on any atom is 0.390 e. The first kappa shape index (κ1) is 17.3. The first-order valence-corrected chi connectivity index (χ1v) is 7.06. The van der Waals surface area contributed by atoms with Gasteiger partial charge in [-0.05, 0) is 18.6 Å². The fraction of sp³-hybridized carbons (Fsp3) is 0.500. The Labute approximate surface area is 129 Å². The van der Waals surface area contributed by atoms with Crippen LogP contribution in [0.1, 0.15) is 12.8 Å². The van der Waals surface area contributed by atoms with Gasteiger partial charge in [0.15, 0.2) is 0 Å². The first-order chi connectivity index (χ1) is 10.7. The van der Waals surface area contributed by atoms with E-state index in [-0.39, 0.29) is 11.7 Å². The highest BCUT2D eigenvalue weighted by atomic mass is 19.4. The standard InChI is InChI=1S/C14H16F5N3O/c15-9-1-2-12(11(16)7-9)22-6-3-10(8-22)21-13(23)20-5-4-14(17,18)19/h1-2,7,10H,3-6,8H2,(H2,20,21,23)/t10-/m1/s1. The molecule has 9 heteroatoms. The summed E-state index contributed by atoms with van der Waals surface area (Å²) in [5.74, 6) is -1.37. The fourth-order valence-electron chi connectivity index (χ4n) is 2.39. The minimum atomic E-state index is -4.32. The maximum absolute atomic E-state index is 13.7. The van der Waals surface area contributed by atoms with Gasteiger partial charge in [-0.25, -0.2) is 13.6 Å². The molecule has 0 aromatic heterocycles. The molecule has 0 bridgehead atoms. The highest BCUT2D eigenvalue weighted by Gasteiger charge is 2.28. The van der Waals surface area contributed by atoms with E-state index in [4.69, 9.17) is 0 Å². The Morgan fingerprint density at radius 1 is 1.30 bits per heavy atom. The maximum atomic E-state index is 13.7. The predicted octanol–water partition coefficient (Wildman–Crippen LogP) is 2.80. The molecule has 1 saturated heterocycles. The van der Waals surface area contributed by atoms with Crippen LogP contribution in [0.5, 0.6) is 0 Å². The fourth-order valence-corrected chi connectivity index (χ4v) is 2.39. The summed E-state index contributed by atoms with van der Waals surface area (Å²) in [5, 5.41) is 4.67. The van der Waals surface area contributed by atoms with Crippen molar-refractivity contribution in [1.82, 2.24) is 10.6 Å². The van der Waals surface area contributed by atoms with Gasteiger partial charge in [0, 0.05) is 31.7 Å². The summed E-state index contributed by atoms with van der Waals surface area (Å²) in [7, 11) is 0. The normalized spacial score (nSPS) is 18.1. The van der Waals surface area contributed by atoms with Gasteiger partial charge in [-0.1, -0.05) is 0 Å². The van der Waals surface area contributed by atoms with E-state index >= 15 is 0 Å². The number of anilines is 1. The van der Waals surface area contributed by atoms with Crippen LogP contribution in [-0.4, -0.2) is 37.9 Å². The third-order valence-corrected chi connectivity index (χ3v) is 3.47. The van der Waals surface area contributed by atoms with Gasteiger partial charge in [-0.2, -0.15) is 13.2 Å². The molecular formula is C14H16F5N3O. The van der Waals surface area contributed by atoms with Crippen LogP contribution in [0.15, 0.2) is 18.2 Å². The average Bonchev–Trinajstić information content (AvgIpc) is 2.85. The molecule has 1 aliphatic rings. The molecule has 23 heavy (non-hydrogen) atoms. The van der Waals surface area contributed by atoms with Gasteiger partial charge in [0.25, 0.3) is 0 Å². The van der Waals surface area contributed by atoms with Crippen LogP contribution in [0, 0.1) is 11.6 Å². The van der Waals surface area contributed by atoms with E-state index in [0.29, 0.717) is 19.5 Å². The van der Waals surface area contributed by atoms with Gasteiger partial charge in [0.05, 0.1) is 12.1 Å². The molecule has 4 nitrogen and oxygen atoms in total. The smallest absolute Gasteiger partial charge is 0.367 e. The van der Waals surface area contributed by atoms with Crippen LogP contribution >= 0.6 is 0 Å². The van der Waals surface area contributed by atoms with E-state index in [0.717, 1.165) is 12.1 Å². The van der Waals surface area contributed by atoms with Crippen LogP contribution in [0.3, 0.4) is 0 Å². The Morgan fingerprint density at radius 2 is 2.04 bits per heavy atom. The number of nitrogens with zero attached hydrogens (tertiary/aromatic N) is 1. The Morgan fingerprint density at radius 3 is 2.70 bits per heavy atom. The van der Waals surface area contributed by atoms with E-state index in [1.807, 2.05) is 0 Å². The molecule has 0 radical (unpaired) electrons.